The summed E-state index contributed by atoms with van der Waals surface area (Å²) in [5.41, 5.74) is 1.52. The number of hydrogen-bond donors (Lipinski definition) is 2. The van der Waals surface area contributed by atoms with Crippen molar-refractivity contribution in [2.75, 3.05) is 11.9 Å². The second-order valence-corrected chi connectivity index (χ2v) is 8.78. The Morgan fingerprint density at radius 3 is 2.39 bits per heavy atom. The molecule has 2 aromatic rings. The Morgan fingerprint density at radius 1 is 1.11 bits per heavy atom. The summed E-state index contributed by atoms with van der Waals surface area (Å²) in [7, 11) is -3.81. The second-order valence-electron chi connectivity index (χ2n) is 7.07. The summed E-state index contributed by atoms with van der Waals surface area (Å²) in [5, 5.41) is 2.78. The molecule has 0 aliphatic rings. The maximum Gasteiger partial charge on any atom is 0.242 e. The van der Waals surface area contributed by atoms with Crippen LogP contribution in [-0.2, 0) is 14.8 Å². The molecule has 0 aliphatic heterocycles. The monoisotopic (exact) mass is 404 g/mol. The lowest BCUT2D eigenvalue weighted by molar-refractivity contribution is -0.118. The summed E-state index contributed by atoms with van der Waals surface area (Å²) >= 11 is 0. The standard InChI is InChI=1S/C21H28N2O4S/c1-5-27-18-8-6-7-17(14-18)22-21(24)20(13-15(2)3)23-28(25,26)19-11-9-16(4)10-12-19/h6-12,14-15,20,23H,5,13H2,1-4H3,(H,22,24). The van der Waals surface area contributed by atoms with Gasteiger partial charge in [0, 0.05) is 11.8 Å². The van der Waals surface area contributed by atoms with Gasteiger partial charge in [0.15, 0.2) is 0 Å². The molecule has 0 saturated carbocycles. The average Bonchev–Trinajstić information content (AvgIpc) is 2.61. The van der Waals surface area contributed by atoms with E-state index in [-0.39, 0.29) is 10.8 Å². The molecule has 2 N–H and O–H groups in total. The van der Waals surface area contributed by atoms with E-state index in [1.54, 1.807) is 36.4 Å². The highest BCUT2D eigenvalue weighted by Gasteiger charge is 2.26. The lowest BCUT2D eigenvalue weighted by atomic mass is 10.0. The van der Waals surface area contributed by atoms with Gasteiger partial charge in [0.25, 0.3) is 0 Å². The highest BCUT2D eigenvalue weighted by molar-refractivity contribution is 7.89. The number of anilines is 1. The van der Waals surface area contributed by atoms with Gasteiger partial charge in [-0.2, -0.15) is 4.72 Å². The Kier molecular flexibility index (Phi) is 7.60. The maximum atomic E-state index is 12.8. The van der Waals surface area contributed by atoms with Crippen LogP contribution in [0.15, 0.2) is 53.4 Å². The normalized spacial score (nSPS) is 12.6. The van der Waals surface area contributed by atoms with Crippen LogP contribution in [0.4, 0.5) is 5.69 Å². The third-order valence-corrected chi connectivity index (χ3v) is 5.55. The molecule has 152 valence electrons. The van der Waals surface area contributed by atoms with Crippen LogP contribution in [0.5, 0.6) is 5.75 Å². The molecule has 0 bridgehead atoms. The van der Waals surface area contributed by atoms with Crippen LogP contribution in [0.1, 0.15) is 32.8 Å². The fourth-order valence-electron chi connectivity index (χ4n) is 2.71. The summed E-state index contributed by atoms with van der Waals surface area (Å²) in [5.74, 6) is 0.366. The zero-order valence-corrected chi connectivity index (χ0v) is 17.5. The lowest BCUT2D eigenvalue weighted by Crippen LogP contribution is -2.44. The topological polar surface area (TPSA) is 84.5 Å². The van der Waals surface area contributed by atoms with E-state index in [1.165, 1.54) is 12.1 Å². The van der Waals surface area contributed by atoms with E-state index in [2.05, 4.69) is 10.0 Å². The molecule has 7 heteroatoms. The lowest BCUT2D eigenvalue weighted by Gasteiger charge is -2.20. The van der Waals surface area contributed by atoms with Gasteiger partial charge in [0.05, 0.1) is 11.5 Å². The number of hydrogen-bond acceptors (Lipinski definition) is 4. The van der Waals surface area contributed by atoms with E-state index >= 15 is 0 Å². The van der Waals surface area contributed by atoms with Crippen molar-refractivity contribution in [2.24, 2.45) is 5.92 Å². The molecule has 2 aromatic carbocycles. The van der Waals surface area contributed by atoms with Crippen LogP contribution in [0.2, 0.25) is 0 Å². The summed E-state index contributed by atoms with van der Waals surface area (Å²) < 4.78 is 33.4. The van der Waals surface area contributed by atoms with Crippen LogP contribution in [0, 0.1) is 12.8 Å². The molecule has 6 nitrogen and oxygen atoms in total. The van der Waals surface area contributed by atoms with Gasteiger partial charge in [-0.25, -0.2) is 8.42 Å². The number of carbonyl (C=O) groups excluding carboxylic acids is 1. The summed E-state index contributed by atoms with van der Waals surface area (Å²) in [4.78, 5) is 12.9. The zero-order chi connectivity index (χ0) is 20.7. The number of rotatable bonds is 9. The van der Waals surface area contributed by atoms with Gasteiger partial charge in [0.2, 0.25) is 15.9 Å². The highest BCUT2D eigenvalue weighted by atomic mass is 32.2. The molecule has 0 fully saturated rings. The first-order valence-corrected chi connectivity index (χ1v) is 10.8. The van der Waals surface area contributed by atoms with Gasteiger partial charge in [-0.05, 0) is 50.5 Å². The predicted molar refractivity (Wildman–Crippen MR) is 111 cm³/mol. The summed E-state index contributed by atoms with van der Waals surface area (Å²) in [6.07, 6.45) is 0.377. The molecular weight excluding hydrogens is 376 g/mol. The number of nitrogens with one attached hydrogen (secondary N) is 2. The summed E-state index contributed by atoms with van der Waals surface area (Å²) in [6, 6.07) is 12.7. The van der Waals surface area contributed by atoms with Crippen molar-refractivity contribution in [1.82, 2.24) is 4.72 Å². The molecule has 0 heterocycles. The van der Waals surface area contributed by atoms with E-state index in [0.29, 0.717) is 24.5 Å². The Morgan fingerprint density at radius 2 is 1.79 bits per heavy atom. The summed E-state index contributed by atoms with van der Waals surface area (Å²) in [6.45, 7) is 8.16. The molecule has 28 heavy (non-hydrogen) atoms. The van der Waals surface area contributed by atoms with Crippen molar-refractivity contribution >= 4 is 21.6 Å². The third kappa shape index (κ3) is 6.35. The molecule has 0 aliphatic carbocycles. The zero-order valence-electron chi connectivity index (χ0n) is 16.7. The fraction of sp³-hybridized carbons (Fsp3) is 0.381. The molecule has 1 unspecified atom stereocenters. The van der Waals surface area contributed by atoms with Crippen LogP contribution in [0.3, 0.4) is 0 Å². The van der Waals surface area contributed by atoms with Crippen molar-refractivity contribution in [3.8, 4) is 5.75 Å². The van der Waals surface area contributed by atoms with Crippen molar-refractivity contribution < 1.29 is 17.9 Å². The Labute approximate surface area is 167 Å². The van der Waals surface area contributed by atoms with Crippen molar-refractivity contribution in [3.05, 3.63) is 54.1 Å². The molecular formula is C21H28N2O4S. The molecule has 0 radical (unpaired) electrons. The van der Waals surface area contributed by atoms with Gasteiger partial charge >= 0.3 is 0 Å². The molecule has 1 amide bonds. The van der Waals surface area contributed by atoms with E-state index in [1.807, 2.05) is 27.7 Å². The number of amides is 1. The number of benzene rings is 2. The van der Waals surface area contributed by atoms with Crippen LogP contribution >= 0.6 is 0 Å². The molecule has 2 rings (SSSR count). The Balaban J connectivity index is 2.19. The second kappa shape index (κ2) is 9.71. The van der Waals surface area contributed by atoms with Crippen molar-refractivity contribution in [2.45, 2.75) is 45.1 Å². The van der Waals surface area contributed by atoms with Crippen LogP contribution in [0.25, 0.3) is 0 Å². The predicted octanol–water partition coefficient (Wildman–Crippen LogP) is 3.73. The van der Waals surface area contributed by atoms with Crippen LogP contribution < -0.4 is 14.8 Å². The SMILES string of the molecule is CCOc1cccc(NC(=O)C(CC(C)C)NS(=O)(=O)c2ccc(C)cc2)c1. The van der Waals surface area contributed by atoms with Gasteiger partial charge in [-0.1, -0.05) is 37.6 Å². The van der Waals surface area contributed by atoms with Gasteiger partial charge in [-0.15, -0.1) is 0 Å². The molecule has 0 aromatic heterocycles. The Bertz CT molecular complexity index is 893. The first kappa shape index (κ1) is 21.9. The molecule has 0 saturated heterocycles. The third-order valence-electron chi connectivity index (χ3n) is 4.06. The average molecular weight is 405 g/mol. The van der Waals surface area contributed by atoms with Gasteiger partial charge < -0.3 is 10.1 Å². The maximum absolute atomic E-state index is 12.8. The van der Waals surface area contributed by atoms with Crippen molar-refractivity contribution in [3.63, 3.8) is 0 Å². The Hall–Kier alpha value is -2.38. The minimum Gasteiger partial charge on any atom is -0.494 e. The van der Waals surface area contributed by atoms with E-state index in [4.69, 9.17) is 4.74 Å². The van der Waals surface area contributed by atoms with Crippen molar-refractivity contribution in [1.29, 1.82) is 0 Å². The van der Waals surface area contributed by atoms with E-state index < -0.39 is 22.0 Å². The minimum absolute atomic E-state index is 0.131. The number of sulfonamides is 1. The fourth-order valence-corrected chi connectivity index (χ4v) is 3.92. The number of aryl methyl sites for hydroxylation is 1. The highest BCUT2D eigenvalue weighted by Crippen LogP contribution is 2.19. The number of carbonyl (C=O) groups is 1. The smallest absolute Gasteiger partial charge is 0.242 e. The van der Waals surface area contributed by atoms with E-state index in [9.17, 15) is 13.2 Å². The number of ether oxygens (including phenoxy) is 1. The first-order chi connectivity index (χ1) is 13.2. The molecule has 0 spiro atoms. The first-order valence-electron chi connectivity index (χ1n) is 9.34. The van der Waals surface area contributed by atoms with Crippen LogP contribution in [-0.4, -0.2) is 27.0 Å². The van der Waals surface area contributed by atoms with E-state index in [0.717, 1.165) is 5.56 Å². The quantitative estimate of drug-likeness (QED) is 0.667. The van der Waals surface area contributed by atoms with Gasteiger partial charge in [-0.3, -0.25) is 4.79 Å². The largest absolute Gasteiger partial charge is 0.494 e. The van der Waals surface area contributed by atoms with Gasteiger partial charge in [0.1, 0.15) is 11.8 Å². The minimum atomic E-state index is -3.81. The molecule has 1 atom stereocenters.